The van der Waals surface area contributed by atoms with Gasteiger partial charge in [-0.25, -0.2) is 8.42 Å². The molecule has 0 aliphatic rings. The molecule has 39 heavy (non-hydrogen) atoms. The van der Waals surface area contributed by atoms with E-state index in [1.807, 2.05) is 39.0 Å². The Hall–Kier alpha value is -3.85. The smallest absolute Gasteiger partial charge is 0.264 e. The van der Waals surface area contributed by atoms with Gasteiger partial charge in [-0.05, 0) is 80.3 Å². The Kier molecular flexibility index (Phi) is 10.1. The van der Waals surface area contributed by atoms with Gasteiger partial charge in [-0.2, -0.15) is 0 Å². The molecule has 1 N–H and O–H groups in total. The first-order valence-corrected chi connectivity index (χ1v) is 14.4. The standard InChI is InChI=1S/C30H37N3O5S/c1-6-18-31-30(35)24(4)32(20-25-13-16-27(38-5)17-14-25)29(34)21-33(26-15-12-22(2)23(3)19-26)39(36,37)28-10-8-7-9-11-28/h7-17,19,24H,6,18,20-21H2,1-5H3,(H,31,35). The Labute approximate surface area is 231 Å². The molecule has 2 amide bonds. The Morgan fingerprint density at radius 1 is 0.949 bits per heavy atom. The molecule has 1 unspecified atom stereocenters. The normalized spacial score (nSPS) is 11.9. The van der Waals surface area contributed by atoms with Crippen LogP contribution >= 0.6 is 0 Å². The number of ether oxygens (including phenoxy) is 1. The monoisotopic (exact) mass is 551 g/mol. The van der Waals surface area contributed by atoms with E-state index in [2.05, 4.69) is 5.32 Å². The summed E-state index contributed by atoms with van der Waals surface area (Å²) in [5.41, 5.74) is 3.06. The Morgan fingerprint density at radius 3 is 2.21 bits per heavy atom. The Bertz CT molecular complexity index is 1380. The van der Waals surface area contributed by atoms with E-state index < -0.39 is 28.5 Å². The number of nitrogens with one attached hydrogen (secondary N) is 1. The number of methoxy groups -OCH3 is 1. The van der Waals surface area contributed by atoms with Crippen molar-refractivity contribution in [1.29, 1.82) is 0 Å². The molecule has 0 bridgehead atoms. The highest BCUT2D eigenvalue weighted by atomic mass is 32.2. The van der Waals surface area contributed by atoms with Crippen molar-refractivity contribution in [2.24, 2.45) is 0 Å². The third-order valence-corrected chi connectivity index (χ3v) is 8.41. The predicted molar refractivity (Wildman–Crippen MR) is 153 cm³/mol. The first-order chi connectivity index (χ1) is 18.6. The van der Waals surface area contributed by atoms with Gasteiger partial charge in [0.2, 0.25) is 11.8 Å². The van der Waals surface area contributed by atoms with Crippen LogP contribution in [0.1, 0.15) is 37.0 Å². The molecular formula is C30H37N3O5S. The molecule has 208 valence electrons. The number of hydrogen-bond acceptors (Lipinski definition) is 5. The van der Waals surface area contributed by atoms with Crippen molar-refractivity contribution in [3.05, 3.63) is 89.5 Å². The molecule has 0 aliphatic heterocycles. The molecular weight excluding hydrogens is 514 g/mol. The minimum atomic E-state index is -4.09. The number of hydrogen-bond donors (Lipinski definition) is 1. The summed E-state index contributed by atoms with van der Waals surface area (Å²) in [6.07, 6.45) is 0.751. The number of sulfonamides is 1. The Balaban J connectivity index is 2.02. The third kappa shape index (κ3) is 7.38. The molecule has 0 spiro atoms. The highest BCUT2D eigenvalue weighted by Crippen LogP contribution is 2.26. The SMILES string of the molecule is CCCNC(=O)C(C)N(Cc1ccc(OC)cc1)C(=O)CN(c1ccc(C)c(C)c1)S(=O)(=O)c1ccccc1. The third-order valence-electron chi connectivity index (χ3n) is 6.62. The molecule has 3 aromatic carbocycles. The molecule has 0 saturated heterocycles. The van der Waals surface area contributed by atoms with Gasteiger partial charge in [-0.1, -0.05) is 43.3 Å². The molecule has 0 aliphatic carbocycles. The predicted octanol–water partition coefficient (Wildman–Crippen LogP) is 4.45. The fourth-order valence-corrected chi connectivity index (χ4v) is 5.46. The molecule has 9 heteroatoms. The maximum atomic E-state index is 13.9. The molecule has 0 aromatic heterocycles. The second-order valence-electron chi connectivity index (χ2n) is 9.43. The van der Waals surface area contributed by atoms with Crippen LogP contribution in [0.4, 0.5) is 5.69 Å². The number of anilines is 1. The van der Waals surface area contributed by atoms with E-state index in [9.17, 15) is 18.0 Å². The highest BCUT2D eigenvalue weighted by Gasteiger charge is 2.32. The number of rotatable bonds is 12. The van der Waals surface area contributed by atoms with Crippen LogP contribution in [-0.2, 0) is 26.2 Å². The summed E-state index contributed by atoms with van der Waals surface area (Å²) in [5.74, 6) is -0.134. The largest absolute Gasteiger partial charge is 0.497 e. The summed E-state index contributed by atoms with van der Waals surface area (Å²) < 4.78 is 34.0. The van der Waals surface area contributed by atoms with Crippen molar-refractivity contribution in [3.63, 3.8) is 0 Å². The van der Waals surface area contributed by atoms with Crippen LogP contribution in [0.2, 0.25) is 0 Å². The number of carbonyl (C=O) groups is 2. The molecule has 1 atom stereocenters. The summed E-state index contributed by atoms with van der Waals surface area (Å²) in [6.45, 7) is 7.55. The second-order valence-corrected chi connectivity index (χ2v) is 11.3. The lowest BCUT2D eigenvalue weighted by molar-refractivity contribution is -0.139. The van der Waals surface area contributed by atoms with Gasteiger partial charge >= 0.3 is 0 Å². The lowest BCUT2D eigenvalue weighted by atomic mass is 10.1. The zero-order valence-corrected chi connectivity index (χ0v) is 24.0. The minimum Gasteiger partial charge on any atom is -0.497 e. The zero-order chi connectivity index (χ0) is 28.6. The average molecular weight is 552 g/mol. The fraction of sp³-hybridized carbons (Fsp3) is 0.333. The zero-order valence-electron chi connectivity index (χ0n) is 23.2. The number of carbonyl (C=O) groups excluding carboxylic acids is 2. The molecule has 8 nitrogen and oxygen atoms in total. The van der Waals surface area contributed by atoms with Gasteiger partial charge in [0, 0.05) is 13.1 Å². The summed E-state index contributed by atoms with van der Waals surface area (Å²) in [5, 5.41) is 2.84. The van der Waals surface area contributed by atoms with Crippen LogP contribution in [0.5, 0.6) is 5.75 Å². The van der Waals surface area contributed by atoms with Crippen LogP contribution in [0.15, 0.2) is 77.7 Å². The topological polar surface area (TPSA) is 96.0 Å². The van der Waals surface area contributed by atoms with Gasteiger partial charge in [0.05, 0.1) is 17.7 Å². The number of amides is 2. The maximum Gasteiger partial charge on any atom is 0.264 e. The first kappa shape index (κ1) is 29.7. The molecule has 3 rings (SSSR count). The van der Waals surface area contributed by atoms with E-state index in [1.165, 1.54) is 17.0 Å². The van der Waals surface area contributed by atoms with Crippen molar-refractivity contribution in [3.8, 4) is 5.75 Å². The van der Waals surface area contributed by atoms with E-state index in [0.717, 1.165) is 27.4 Å². The van der Waals surface area contributed by atoms with Crippen LogP contribution in [-0.4, -0.2) is 51.4 Å². The van der Waals surface area contributed by atoms with Crippen molar-refractivity contribution in [1.82, 2.24) is 10.2 Å². The molecule has 3 aromatic rings. The van der Waals surface area contributed by atoms with E-state index in [-0.39, 0.29) is 17.3 Å². The van der Waals surface area contributed by atoms with E-state index >= 15 is 0 Å². The van der Waals surface area contributed by atoms with E-state index in [0.29, 0.717) is 18.0 Å². The highest BCUT2D eigenvalue weighted by molar-refractivity contribution is 7.92. The molecule has 0 radical (unpaired) electrons. The summed E-state index contributed by atoms with van der Waals surface area (Å²) in [4.78, 5) is 28.4. The number of benzene rings is 3. The summed E-state index contributed by atoms with van der Waals surface area (Å²) >= 11 is 0. The fourth-order valence-electron chi connectivity index (χ4n) is 4.04. The molecule has 0 fully saturated rings. The lowest BCUT2D eigenvalue weighted by Gasteiger charge is -2.32. The van der Waals surface area contributed by atoms with Crippen LogP contribution in [0, 0.1) is 13.8 Å². The second kappa shape index (κ2) is 13.3. The van der Waals surface area contributed by atoms with Gasteiger partial charge < -0.3 is 15.0 Å². The summed E-state index contributed by atoms with van der Waals surface area (Å²) in [7, 11) is -2.52. The van der Waals surface area contributed by atoms with Crippen LogP contribution in [0.25, 0.3) is 0 Å². The van der Waals surface area contributed by atoms with Crippen molar-refractivity contribution in [2.45, 2.75) is 51.6 Å². The average Bonchev–Trinajstić information content (AvgIpc) is 2.95. The van der Waals surface area contributed by atoms with Crippen molar-refractivity contribution < 1.29 is 22.7 Å². The van der Waals surface area contributed by atoms with E-state index in [1.54, 1.807) is 56.5 Å². The van der Waals surface area contributed by atoms with Gasteiger partial charge in [0.15, 0.2) is 0 Å². The van der Waals surface area contributed by atoms with Crippen LogP contribution in [0.3, 0.4) is 0 Å². The van der Waals surface area contributed by atoms with Crippen molar-refractivity contribution >= 4 is 27.5 Å². The van der Waals surface area contributed by atoms with Crippen molar-refractivity contribution in [2.75, 3.05) is 24.5 Å². The minimum absolute atomic E-state index is 0.0754. The molecule has 0 saturated carbocycles. The first-order valence-electron chi connectivity index (χ1n) is 12.9. The lowest BCUT2D eigenvalue weighted by Crippen LogP contribution is -2.51. The quantitative estimate of drug-likeness (QED) is 0.359. The van der Waals surface area contributed by atoms with Gasteiger partial charge in [0.25, 0.3) is 10.0 Å². The van der Waals surface area contributed by atoms with Gasteiger partial charge in [-0.3, -0.25) is 13.9 Å². The Morgan fingerprint density at radius 2 is 1.62 bits per heavy atom. The number of aryl methyl sites for hydroxylation is 2. The van der Waals surface area contributed by atoms with Gasteiger partial charge in [0.1, 0.15) is 18.3 Å². The van der Waals surface area contributed by atoms with Crippen LogP contribution < -0.4 is 14.4 Å². The number of nitrogens with zero attached hydrogens (tertiary/aromatic N) is 2. The maximum absolute atomic E-state index is 13.9. The van der Waals surface area contributed by atoms with E-state index in [4.69, 9.17) is 4.74 Å². The van der Waals surface area contributed by atoms with Gasteiger partial charge in [-0.15, -0.1) is 0 Å². The molecule has 0 heterocycles. The summed E-state index contributed by atoms with van der Waals surface area (Å²) in [6, 6.07) is 19.7.